The molecular weight excluding hydrogens is 407 g/mol. The highest BCUT2D eigenvalue weighted by atomic mass is 35.5. The van der Waals surface area contributed by atoms with E-state index in [1.54, 1.807) is 36.6 Å². The minimum absolute atomic E-state index is 0.0387. The van der Waals surface area contributed by atoms with E-state index in [1.165, 1.54) is 36.5 Å². The van der Waals surface area contributed by atoms with Gasteiger partial charge in [-0.2, -0.15) is 4.72 Å². The zero-order chi connectivity index (χ0) is 19.4. The number of ketones is 1. The van der Waals surface area contributed by atoms with Crippen LogP contribution in [0.25, 0.3) is 0 Å². The van der Waals surface area contributed by atoms with Gasteiger partial charge < -0.3 is 0 Å². The summed E-state index contributed by atoms with van der Waals surface area (Å²) in [6.45, 7) is 0. The quantitative estimate of drug-likeness (QED) is 0.744. The minimum Gasteiger partial charge on any atom is -0.289 e. The van der Waals surface area contributed by atoms with Crippen molar-refractivity contribution in [2.24, 2.45) is 0 Å². The lowest BCUT2D eigenvalue weighted by Crippen LogP contribution is -2.37. The van der Waals surface area contributed by atoms with Crippen LogP contribution in [0.5, 0.6) is 0 Å². The van der Waals surface area contributed by atoms with Crippen LogP contribution in [-0.2, 0) is 10.0 Å². The second kappa shape index (κ2) is 8.19. The number of carbonyl (C=O) groups is 1. The lowest BCUT2D eigenvalue weighted by molar-refractivity contribution is 0.102. The topological polar surface area (TPSA) is 76.1 Å². The number of hydrogen-bond acceptors (Lipinski definition) is 4. The largest absolute Gasteiger partial charge is 0.289 e. The fourth-order valence-corrected chi connectivity index (χ4v) is 3.96. The summed E-state index contributed by atoms with van der Waals surface area (Å²) < 4.78 is 28.0. The molecule has 1 aromatic carbocycles. The Morgan fingerprint density at radius 1 is 1.11 bits per heavy atom. The van der Waals surface area contributed by atoms with Gasteiger partial charge in [-0.3, -0.25) is 9.78 Å². The second-order valence-electron chi connectivity index (χ2n) is 5.66. The monoisotopic (exact) mass is 420 g/mol. The first-order valence-electron chi connectivity index (χ1n) is 7.85. The fourth-order valence-electron chi connectivity index (χ4n) is 2.47. The van der Waals surface area contributed by atoms with Gasteiger partial charge in [0.05, 0.1) is 10.9 Å². The van der Waals surface area contributed by atoms with Gasteiger partial charge in [-0.05, 0) is 48.6 Å². The first kappa shape index (κ1) is 19.5. The molecule has 2 aromatic rings. The molecule has 0 spiro atoms. The smallest absolute Gasteiger partial charge is 0.241 e. The van der Waals surface area contributed by atoms with Gasteiger partial charge in [0.15, 0.2) is 5.78 Å². The number of nitrogens with one attached hydrogen (secondary N) is 1. The van der Waals surface area contributed by atoms with Gasteiger partial charge in [0.1, 0.15) is 0 Å². The average Bonchev–Trinajstić information content (AvgIpc) is 2.83. The van der Waals surface area contributed by atoms with E-state index >= 15 is 0 Å². The predicted octanol–water partition coefficient (Wildman–Crippen LogP) is 3.88. The van der Waals surface area contributed by atoms with Gasteiger partial charge >= 0.3 is 0 Å². The van der Waals surface area contributed by atoms with Crippen molar-refractivity contribution < 1.29 is 13.2 Å². The summed E-state index contributed by atoms with van der Waals surface area (Å²) in [5.74, 6) is -0.370. The van der Waals surface area contributed by atoms with Crippen LogP contribution in [0.4, 0.5) is 0 Å². The van der Waals surface area contributed by atoms with Crippen molar-refractivity contribution in [2.45, 2.75) is 10.9 Å². The lowest BCUT2D eigenvalue weighted by Gasteiger charge is -2.18. The van der Waals surface area contributed by atoms with E-state index in [0.717, 1.165) is 0 Å². The van der Waals surface area contributed by atoms with Gasteiger partial charge in [0.25, 0.3) is 0 Å². The van der Waals surface area contributed by atoms with E-state index in [-0.39, 0.29) is 16.3 Å². The molecule has 1 aliphatic rings. The van der Waals surface area contributed by atoms with Crippen molar-refractivity contribution in [2.75, 3.05) is 0 Å². The van der Waals surface area contributed by atoms with Crippen molar-refractivity contribution >= 4 is 39.0 Å². The Labute approximate surface area is 167 Å². The first-order valence-corrected chi connectivity index (χ1v) is 10.1. The average molecular weight is 421 g/mol. The van der Waals surface area contributed by atoms with Crippen LogP contribution in [0, 0.1) is 0 Å². The van der Waals surface area contributed by atoms with Crippen molar-refractivity contribution in [3.05, 3.63) is 94.3 Å². The van der Waals surface area contributed by atoms with Crippen molar-refractivity contribution in [1.82, 2.24) is 9.71 Å². The molecule has 0 radical (unpaired) electrons. The van der Waals surface area contributed by atoms with Crippen LogP contribution in [0.2, 0.25) is 5.02 Å². The maximum absolute atomic E-state index is 12.9. The van der Waals surface area contributed by atoms with Gasteiger partial charge in [-0.15, -0.1) is 0 Å². The molecule has 0 fully saturated rings. The van der Waals surface area contributed by atoms with E-state index in [0.29, 0.717) is 15.6 Å². The lowest BCUT2D eigenvalue weighted by atomic mass is 9.98. The first-order chi connectivity index (χ1) is 12.9. The molecule has 8 heteroatoms. The predicted molar refractivity (Wildman–Crippen MR) is 105 cm³/mol. The van der Waals surface area contributed by atoms with Gasteiger partial charge in [0.2, 0.25) is 10.0 Å². The third-order valence-corrected chi connectivity index (χ3v) is 5.72. The zero-order valence-electron chi connectivity index (χ0n) is 13.8. The number of pyridine rings is 1. The summed E-state index contributed by atoms with van der Waals surface area (Å²) in [6.07, 6.45) is 9.15. The van der Waals surface area contributed by atoms with Crippen molar-refractivity contribution in [3.63, 3.8) is 0 Å². The summed E-state index contributed by atoms with van der Waals surface area (Å²) in [7, 11) is -3.89. The molecule has 3 rings (SSSR count). The van der Waals surface area contributed by atoms with E-state index in [2.05, 4.69) is 9.71 Å². The highest BCUT2D eigenvalue weighted by Crippen LogP contribution is 2.22. The summed E-state index contributed by atoms with van der Waals surface area (Å²) in [6, 6.07) is 8.08. The number of Topliss-reactive ketones (excluding diaryl/α,β-unsaturated/α-hetero) is 1. The Kier molecular flexibility index (Phi) is 5.92. The third kappa shape index (κ3) is 4.73. The Morgan fingerprint density at radius 2 is 1.85 bits per heavy atom. The van der Waals surface area contributed by atoms with E-state index in [4.69, 9.17) is 23.2 Å². The van der Waals surface area contributed by atoms with Gasteiger partial charge in [0, 0.05) is 33.6 Å². The molecule has 27 heavy (non-hydrogen) atoms. The van der Waals surface area contributed by atoms with E-state index in [9.17, 15) is 13.2 Å². The minimum atomic E-state index is -3.89. The molecule has 1 heterocycles. The number of benzene rings is 1. The number of aromatic nitrogens is 1. The number of halogens is 2. The van der Waals surface area contributed by atoms with Crippen LogP contribution in [0.3, 0.4) is 0 Å². The number of hydrogen-bond donors (Lipinski definition) is 1. The second-order valence-corrected chi connectivity index (χ2v) is 8.25. The molecule has 0 saturated heterocycles. The van der Waals surface area contributed by atoms with Crippen LogP contribution in [-0.4, -0.2) is 25.2 Å². The zero-order valence-corrected chi connectivity index (χ0v) is 16.2. The van der Waals surface area contributed by atoms with Crippen molar-refractivity contribution in [3.8, 4) is 0 Å². The molecule has 0 aliphatic heterocycles. The van der Waals surface area contributed by atoms with Crippen LogP contribution in [0.1, 0.15) is 10.4 Å². The van der Waals surface area contributed by atoms with Crippen LogP contribution >= 0.6 is 23.2 Å². The summed E-state index contributed by atoms with van der Waals surface area (Å²) in [4.78, 5) is 16.9. The molecule has 1 unspecified atom stereocenters. The van der Waals surface area contributed by atoms with Crippen LogP contribution in [0.15, 0.2) is 88.6 Å². The van der Waals surface area contributed by atoms with E-state index < -0.39 is 16.1 Å². The number of rotatable bonds is 5. The summed E-state index contributed by atoms with van der Waals surface area (Å²) in [5.41, 5.74) is 0.523. The number of carbonyl (C=O) groups excluding carboxylic acids is 1. The highest BCUT2D eigenvalue weighted by molar-refractivity contribution is 7.89. The van der Waals surface area contributed by atoms with Gasteiger partial charge in [-0.1, -0.05) is 35.4 Å². The molecule has 0 bridgehead atoms. The standard InChI is InChI=1S/C19H14Cl2N2O3S/c20-14-6-8-16(9-7-14)27(25,26)23-18-5-1-4-15(21)11-17(18)19(24)13-3-2-10-22-12-13/h1-12,18,23H. The molecule has 1 atom stereocenters. The number of nitrogens with zero attached hydrogens (tertiary/aromatic N) is 1. The maximum Gasteiger partial charge on any atom is 0.241 e. The number of allylic oxidation sites excluding steroid dienone is 4. The highest BCUT2D eigenvalue weighted by Gasteiger charge is 2.26. The molecule has 138 valence electrons. The summed E-state index contributed by atoms with van der Waals surface area (Å²) >= 11 is 11.9. The van der Waals surface area contributed by atoms with Crippen molar-refractivity contribution in [1.29, 1.82) is 0 Å². The molecule has 1 aromatic heterocycles. The Bertz CT molecular complexity index is 1040. The summed E-state index contributed by atoms with van der Waals surface area (Å²) in [5, 5.41) is 0.735. The maximum atomic E-state index is 12.9. The molecule has 0 saturated carbocycles. The third-order valence-electron chi connectivity index (χ3n) is 3.78. The van der Waals surface area contributed by atoms with Gasteiger partial charge in [-0.25, -0.2) is 8.42 Å². The number of sulfonamides is 1. The van der Waals surface area contributed by atoms with Crippen LogP contribution < -0.4 is 4.72 Å². The normalized spacial score (nSPS) is 17.0. The Morgan fingerprint density at radius 3 is 2.52 bits per heavy atom. The fraction of sp³-hybridized carbons (Fsp3) is 0.0526. The van der Waals surface area contributed by atoms with E-state index in [1.807, 2.05) is 0 Å². The Hall–Kier alpha value is -2.25. The molecular formula is C19H14Cl2N2O3S. The SMILES string of the molecule is O=C(C1=CC(Cl)=CC=CC1NS(=O)(=O)c1ccc(Cl)cc1)c1cccnc1. The molecule has 5 nitrogen and oxygen atoms in total. The Balaban J connectivity index is 1.96. The molecule has 1 aliphatic carbocycles. The molecule has 1 N–H and O–H groups in total. The molecule has 0 amide bonds.